The predicted molar refractivity (Wildman–Crippen MR) is 132 cm³/mol. The molecule has 0 aliphatic rings. The van der Waals surface area contributed by atoms with Gasteiger partial charge in [-0.1, -0.05) is 0 Å². The number of benzene rings is 2. The molecule has 3 rings (SSSR count). The average Bonchev–Trinajstić information content (AvgIpc) is 3.23. The first-order chi connectivity index (χ1) is 16.8. The first kappa shape index (κ1) is 31.5. The predicted octanol–water partition coefficient (Wildman–Crippen LogP) is -4.74. The first-order valence-corrected chi connectivity index (χ1v) is 18.7. The maximum Gasteiger partial charge on any atom is 1.00 e. The van der Waals surface area contributed by atoms with Crippen molar-refractivity contribution in [1.29, 1.82) is 0 Å². The van der Waals surface area contributed by atoms with Crippen LogP contribution in [0.2, 0.25) is 0 Å². The summed E-state index contributed by atoms with van der Waals surface area (Å²) < 4.78 is 7.81. The van der Waals surface area contributed by atoms with Crippen LogP contribution >= 0.6 is 11.8 Å². The number of hydrogen-bond acceptors (Lipinski definition) is 10. The molecule has 0 amide bonds. The molecule has 2 aromatic carbocycles. The minimum atomic E-state index is -1.08. The first-order valence-electron chi connectivity index (χ1n) is 10.6. The number of aromatic nitrogens is 1. The zero-order valence-corrected chi connectivity index (χ0v) is 26.1. The fourth-order valence-electron chi connectivity index (χ4n) is 3.08. The van der Waals surface area contributed by atoms with Gasteiger partial charge in [-0.05, 0) is 0 Å². The third kappa shape index (κ3) is 9.55. The van der Waals surface area contributed by atoms with E-state index in [0.717, 1.165) is 8.70 Å². The number of aliphatic hydroxyl groups excluding tert-OH is 4. The van der Waals surface area contributed by atoms with E-state index in [2.05, 4.69) is 4.98 Å². The van der Waals surface area contributed by atoms with Crippen molar-refractivity contribution in [2.24, 2.45) is 0 Å². The number of anilines is 1. The quantitative estimate of drug-likeness (QED) is 0.0890. The molecule has 14 heteroatoms. The minimum Gasteiger partial charge on any atom is 1.00 e. The maximum atomic E-state index is 12.8. The molecule has 3 aromatic rings. The molecule has 0 fully saturated rings. The van der Waals surface area contributed by atoms with Crippen molar-refractivity contribution in [3.8, 4) is 5.75 Å². The molecule has 1 aromatic heterocycles. The number of carboxylic acid groups (broad SMARTS) is 1. The van der Waals surface area contributed by atoms with Gasteiger partial charge in [0.1, 0.15) is 0 Å². The van der Waals surface area contributed by atoms with Crippen LogP contribution < -0.4 is 48.3 Å². The Morgan fingerprint density at radius 3 is 2.25 bits per heavy atom. The number of oxazole rings is 1. The Bertz CT molecular complexity index is 1170. The van der Waals surface area contributed by atoms with Gasteiger partial charge in [0.2, 0.25) is 0 Å². The van der Waals surface area contributed by atoms with Crippen molar-refractivity contribution in [2.75, 3.05) is 37.0 Å². The molecule has 0 spiro atoms. The van der Waals surface area contributed by atoms with E-state index >= 15 is 0 Å². The number of aliphatic carboxylic acids is 1. The number of hydrogen-bond donors (Lipinski definition) is 5. The van der Waals surface area contributed by atoms with Crippen LogP contribution in [-0.4, -0.2) is 107 Å². The Morgan fingerprint density at radius 1 is 1.06 bits per heavy atom. The summed E-state index contributed by atoms with van der Waals surface area (Å²) in [6, 6.07) is 10.9. The molecule has 0 radical (unpaired) electrons. The largest absolute Gasteiger partial charge is 1.00 e. The Balaban J connectivity index is 0.00000456. The summed E-state index contributed by atoms with van der Waals surface area (Å²) in [4.78, 5) is 16.5. The maximum absolute atomic E-state index is 12.8. The number of aliphatic hydroxyl groups is 4. The van der Waals surface area contributed by atoms with E-state index in [0.29, 0.717) is 27.8 Å². The van der Waals surface area contributed by atoms with Gasteiger partial charge in [0.05, 0.1) is 0 Å². The van der Waals surface area contributed by atoms with Crippen LogP contribution in [0.3, 0.4) is 0 Å². The third-order valence-corrected chi connectivity index (χ3v) is 14.0. The number of carbonyl (C=O) groups is 1. The van der Waals surface area contributed by atoms with E-state index in [1.54, 1.807) is 12.1 Å². The van der Waals surface area contributed by atoms with E-state index in [1.165, 1.54) is 16.7 Å². The van der Waals surface area contributed by atoms with Gasteiger partial charge >= 0.3 is 247 Å². The van der Waals surface area contributed by atoms with Gasteiger partial charge in [-0.3, -0.25) is 0 Å². The van der Waals surface area contributed by atoms with Crippen molar-refractivity contribution in [3.05, 3.63) is 36.4 Å². The number of fused-ring (bicyclic) bond motifs is 1. The zero-order valence-electron chi connectivity index (χ0n) is 19.5. The summed E-state index contributed by atoms with van der Waals surface area (Å²) in [5.74, 6) is -0.729. The monoisotopic (exact) mass is 650 g/mol. The molecular weight excluding hydrogens is 625 g/mol. The second kappa shape index (κ2) is 15.6. The summed E-state index contributed by atoms with van der Waals surface area (Å²) in [5, 5.41) is 59.9. The van der Waals surface area contributed by atoms with E-state index in [1.807, 2.05) is 24.3 Å². The molecule has 2 atom stereocenters. The van der Waals surface area contributed by atoms with Crippen molar-refractivity contribution < 1.29 is 69.4 Å². The van der Waals surface area contributed by atoms with Gasteiger partial charge in [-0.15, -0.1) is 0 Å². The molecular formula is C22H25As2N2NaO8S. The summed E-state index contributed by atoms with van der Waals surface area (Å²) in [5.41, 5.74) is 1.66. The summed E-state index contributed by atoms with van der Waals surface area (Å²) in [7, 11) is 0. The van der Waals surface area contributed by atoms with Crippen LogP contribution in [0.1, 0.15) is 6.42 Å². The van der Waals surface area contributed by atoms with Gasteiger partial charge in [0.25, 0.3) is 0 Å². The smallest absolute Gasteiger partial charge is 1.00 e. The second-order valence-electron chi connectivity index (χ2n) is 7.55. The Labute approximate surface area is 245 Å². The Kier molecular flexibility index (Phi) is 13.7. The number of carboxylic acids is 1. The van der Waals surface area contributed by atoms with Crippen LogP contribution in [-0.2, 0) is 4.79 Å². The van der Waals surface area contributed by atoms with Crippen molar-refractivity contribution in [3.63, 3.8) is 0 Å². The van der Waals surface area contributed by atoms with E-state index < -0.39 is 31.4 Å². The minimum absolute atomic E-state index is 0. The van der Waals surface area contributed by atoms with Gasteiger partial charge in [0, 0.05) is 0 Å². The van der Waals surface area contributed by atoms with Crippen molar-refractivity contribution in [1.82, 2.24) is 4.98 Å². The summed E-state index contributed by atoms with van der Waals surface area (Å²) >= 11 is 0.763. The molecule has 0 aliphatic heterocycles. The average molecular weight is 650 g/mol. The molecule has 0 aliphatic carbocycles. The van der Waals surface area contributed by atoms with Crippen molar-refractivity contribution in [2.45, 2.75) is 23.9 Å². The van der Waals surface area contributed by atoms with E-state index in [4.69, 9.17) is 19.7 Å². The Morgan fingerprint density at radius 2 is 1.67 bits per heavy atom. The van der Waals surface area contributed by atoms with E-state index in [9.17, 15) is 20.1 Å². The summed E-state index contributed by atoms with van der Waals surface area (Å²) in [6.45, 7) is -1.06. The molecule has 10 nitrogen and oxygen atoms in total. The van der Waals surface area contributed by atoms with E-state index in [-0.39, 0.29) is 81.1 Å². The summed E-state index contributed by atoms with van der Waals surface area (Å²) in [6.07, 6.45) is -2.14. The van der Waals surface area contributed by atoms with Gasteiger partial charge in [0.15, 0.2) is 0 Å². The fraction of sp³-hybridized carbons (Fsp3) is 0.364. The van der Waals surface area contributed by atoms with Crippen LogP contribution in [0.4, 0.5) is 5.69 Å². The molecule has 36 heavy (non-hydrogen) atoms. The normalized spacial score (nSPS) is 13.0. The SMILES string of the molecule is O=C(O)CCSc1nc2ccc([As]=[As]c3ccc(N(CC(O)CO)CC(O)CO)c([O-])c3)cc2o1.[Na+]. The topological polar surface area (TPSA) is 171 Å². The van der Waals surface area contributed by atoms with Gasteiger partial charge < -0.3 is 0 Å². The van der Waals surface area contributed by atoms with Crippen LogP contribution in [0, 0.1) is 0 Å². The van der Waals surface area contributed by atoms with Crippen LogP contribution in [0.25, 0.3) is 11.1 Å². The number of thioether (sulfide) groups is 1. The molecule has 0 saturated carbocycles. The van der Waals surface area contributed by atoms with Crippen LogP contribution in [0.15, 0.2) is 46.0 Å². The zero-order chi connectivity index (χ0) is 25.4. The van der Waals surface area contributed by atoms with Crippen molar-refractivity contribution >= 4 is 69.5 Å². The molecule has 0 saturated heterocycles. The Hall–Kier alpha value is -0.713. The van der Waals surface area contributed by atoms with Gasteiger partial charge in [-0.2, -0.15) is 0 Å². The molecule has 5 N–H and O–H groups in total. The molecule has 0 bridgehead atoms. The van der Waals surface area contributed by atoms with Crippen LogP contribution in [0.5, 0.6) is 5.75 Å². The standard InChI is InChI=1S/C22H26As2N2O8S.Na/c27-11-15(29)9-26(10-16(30)12-28)18-4-2-13(7-19(18)31)23-24-14-1-3-17-20(8-14)34-22(25-17)35-6-5-21(32)33;/h1-4,7-8,15-16,27-31H,5-6,9-12H2,(H,32,33);/q;+1/p-1. The molecule has 1 heterocycles. The fourth-order valence-corrected chi connectivity index (χ4v) is 10.9. The second-order valence-corrected chi connectivity index (χ2v) is 16.0. The van der Waals surface area contributed by atoms with Gasteiger partial charge in [-0.25, -0.2) is 0 Å². The molecule has 188 valence electrons. The third-order valence-electron chi connectivity index (χ3n) is 4.74. The molecule has 2 unspecified atom stereocenters. The number of nitrogens with zero attached hydrogens (tertiary/aromatic N) is 2. The number of rotatable bonds is 13.